The first-order valence-electron chi connectivity index (χ1n) is 9.66. The summed E-state index contributed by atoms with van der Waals surface area (Å²) in [6, 6.07) is 3.44. The van der Waals surface area contributed by atoms with E-state index in [-0.39, 0.29) is 12.5 Å². The van der Waals surface area contributed by atoms with Crippen LogP contribution in [-0.2, 0) is 0 Å². The van der Waals surface area contributed by atoms with E-state index >= 15 is 0 Å². The van der Waals surface area contributed by atoms with E-state index in [0.717, 1.165) is 51.4 Å². The van der Waals surface area contributed by atoms with Crippen LogP contribution in [0.2, 0.25) is 0 Å². The zero-order valence-corrected chi connectivity index (χ0v) is 16.0. The third-order valence-electron chi connectivity index (χ3n) is 4.67. The largest absolute Gasteiger partial charge is 0.459 e. The normalized spacial score (nSPS) is 16.7. The molecular formula is C19H32N4O3. The van der Waals surface area contributed by atoms with Gasteiger partial charge in [-0.2, -0.15) is 0 Å². The lowest BCUT2D eigenvalue weighted by atomic mass is 10.0. The summed E-state index contributed by atoms with van der Waals surface area (Å²) in [6.07, 6.45) is 4.50. The molecule has 146 valence electrons. The molecule has 1 atom stereocenters. The number of aliphatic hydroxyl groups is 1. The number of amides is 1. The molecule has 7 heteroatoms. The molecule has 1 saturated heterocycles. The van der Waals surface area contributed by atoms with Gasteiger partial charge in [-0.05, 0) is 37.8 Å². The fourth-order valence-corrected chi connectivity index (χ4v) is 3.24. The van der Waals surface area contributed by atoms with Crippen molar-refractivity contribution in [3.05, 3.63) is 24.2 Å². The van der Waals surface area contributed by atoms with Gasteiger partial charge in [-0.25, -0.2) is 0 Å². The van der Waals surface area contributed by atoms with Crippen molar-refractivity contribution in [1.29, 1.82) is 0 Å². The van der Waals surface area contributed by atoms with E-state index in [4.69, 9.17) is 9.41 Å². The molecule has 2 rings (SSSR count). The molecule has 1 amide bonds. The molecule has 0 saturated carbocycles. The zero-order chi connectivity index (χ0) is 18.8. The van der Waals surface area contributed by atoms with E-state index < -0.39 is 0 Å². The summed E-state index contributed by atoms with van der Waals surface area (Å²) in [4.78, 5) is 21.2. The van der Waals surface area contributed by atoms with Crippen LogP contribution in [0.5, 0.6) is 0 Å². The SMILES string of the molecule is CCCC(CCO)CN=C(NCC)N1CCN(C(=O)c2ccco2)CC1. The maximum absolute atomic E-state index is 12.4. The van der Waals surface area contributed by atoms with Crippen LogP contribution in [0.1, 0.15) is 43.7 Å². The molecule has 1 aliphatic heterocycles. The van der Waals surface area contributed by atoms with E-state index in [1.54, 1.807) is 12.1 Å². The minimum Gasteiger partial charge on any atom is -0.459 e. The number of aliphatic hydroxyl groups excluding tert-OH is 1. The number of furan rings is 1. The molecule has 0 aromatic carbocycles. The number of aliphatic imine (C=N–C) groups is 1. The van der Waals surface area contributed by atoms with Gasteiger partial charge < -0.3 is 24.6 Å². The van der Waals surface area contributed by atoms with Gasteiger partial charge in [-0.1, -0.05) is 13.3 Å². The Morgan fingerprint density at radius 2 is 2.00 bits per heavy atom. The standard InChI is InChI=1S/C19H32N4O3/c1-3-6-16(8-13-24)15-21-19(20-4-2)23-11-9-22(10-12-23)18(25)17-7-5-14-26-17/h5,7,14,16,24H,3-4,6,8-13,15H2,1-2H3,(H,20,21). The number of hydrogen-bond acceptors (Lipinski definition) is 4. The average Bonchev–Trinajstić information content (AvgIpc) is 3.19. The molecule has 2 heterocycles. The number of carbonyl (C=O) groups is 1. The van der Waals surface area contributed by atoms with Crippen LogP contribution in [0.15, 0.2) is 27.8 Å². The molecule has 0 spiro atoms. The number of nitrogens with one attached hydrogen (secondary N) is 1. The molecule has 0 aliphatic carbocycles. The van der Waals surface area contributed by atoms with Crippen LogP contribution in [0.3, 0.4) is 0 Å². The molecule has 1 aromatic rings. The van der Waals surface area contributed by atoms with Crippen LogP contribution in [0.4, 0.5) is 0 Å². The van der Waals surface area contributed by atoms with Gasteiger partial charge in [0.05, 0.1) is 6.26 Å². The number of nitrogens with zero attached hydrogens (tertiary/aromatic N) is 3. The van der Waals surface area contributed by atoms with Crippen molar-refractivity contribution in [2.75, 3.05) is 45.9 Å². The molecule has 1 unspecified atom stereocenters. The summed E-state index contributed by atoms with van der Waals surface area (Å²) in [6.45, 7) is 8.76. The van der Waals surface area contributed by atoms with Gasteiger partial charge >= 0.3 is 0 Å². The Bertz CT molecular complexity index is 545. The summed E-state index contributed by atoms with van der Waals surface area (Å²) in [7, 11) is 0. The minimum atomic E-state index is -0.0532. The molecule has 1 aliphatic rings. The van der Waals surface area contributed by atoms with Gasteiger partial charge in [0.2, 0.25) is 0 Å². The van der Waals surface area contributed by atoms with Crippen molar-refractivity contribution >= 4 is 11.9 Å². The highest BCUT2D eigenvalue weighted by Gasteiger charge is 2.25. The quantitative estimate of drug-likeness (QED) is 0.543. The van der Waals surface area contributed by atoms with Gasteiger partial charge in [-0.3, -0.25) is 9.79 Å². The summed E-state index contributed by atoms with van der Waals surface area (Å²) < 4.78 is 5.21. The van der Waals surface area contributed by atoms with E-state index in [1.165, 1.54) is 6.26 Å². The smallest absolute Gasteiger partial charge is 0.289 e. The lowest BCUT2D eigenvalue weighted by Crippen LogP contribution is -2.53. The first kappa shape index (κ1) is 20.3. The third kappa shape index (κ3) is 5.76. The maximum Gasteiger partial charge on any atom is 0.289 e. The second kappa shape index (κ2) is 10.9. The first-order chi connectivity index (χ1) is 12.7. The van der Waals surface area contributed by atoms with E-state index in [9.17, 15) is 9.90 Å². The van der Waals surface area contributed by atoms with Crippen molar-refractivity contribution in [3.63, 3.8) is 0 Å². The Morgan fingerprint density at radius 3 is 2.58 bits per heavy atom. The summed E-state index contributed by atoms with van der Waals surface area (Å²) >= 11 is 0. The number of piperazine rings is 1. The Hall–Kier alpha value is -2.02. The van der Waals surface area contributed by atoms with Gasteiger partial charge in [-0.15, -0.1) is 0 Å². The van der Waals surface area contributed by atoms with Crippen molar-refractivity contribution in [2.24, 2.45) is 10.9 Å². The lowest BCUT2D eigenvalue weighted by molar-refractivity contribution is 0.0657. The number of guanidine groups is 1. The average molecular weight is 364 g/mol. The van der Waals surface area contributed by atoms with Crippen LogP contribution in [-0.4, -0.2) is 72.6 Å². The van der Waals surface area contributed by atoms with Crippen molar-refractivity contribution in [1.82, 2.24) is 15.1 Å². The zero-order valence-electron chi connectivity index (χ0n) is 16.0. The van der Waals surface area contributed by atoms with E-state index in [1.807, 2.05) is 4.90 Å². The maximum atomic E-state index is 12.4. The van der Waals surface area contributed by atoms with Crippen LogP contribution in [0, 0.1) is 5.92 Å². The Balaban J connectivity index is 1.92. The topological polar surface area (TPSA) is 81.3 Å². The Labute approximate surface area is 156 Å². The van der Waals surface area contributed by atoms with Gasteiger partial charge in [0.15, 0.2) is 11.7 Å². The van der Waals surface area contributed by atoms with Crippen molar-refractivity contribution < 1.29 is 14.3 Å². The van der Waals surface area contributed by atoms with Gasteiger partial charge in [0.25, 0.3) is 5.91 Å². The second-order valence-electron chi connectivity index (χ2n) is 6.62. The fourth-order valence-electron chi connectivity index (χ4n) is 3.24. The third-order valence-corrected chi connectivity index (χ3v) is 4.67. The molecule has 26 heavy (non-hydrogen) atoms. The number of carbonyl (C=O) groups excluding carboxylic acids is 1. The Morgan fingerprint density at radius 1 is 1.27 bits per heavy atom. The highest BCUT2D eigenvalue weighted by molar-refractivity contribution is 5.91. The van der Waals surface area contributed by atoms with E-state index in [2.05, 4.69) is 24.1 Å². The molecule has 1 fully saturated rings. The summed E-state index contributed by atoms with van der Waals surface area (Å²) in [5.41, 5.74) is 0. The predicted molar refractivity (Wildman–Crippen MR) is 102 cm³/mol. The predicted octanol–water partition coefficient (Wildman–Crippen LogP) is 1.80. The fraction of sp³-hybridized carbons (Fsp3) is 0.684. The van der Waals surface area contributed by atoms with Crippen LogP contribution < -0.4 is 5.32 Å². The Kier molecular flexibility index (Phi) is 8.47. The monoisotopic (exact) mass is 364 g/mol. The van der Waals surface area contributed by atoms with Gasteiger partial charge in [0.1, 0.15) is 0 Å². The first-order valence-corrected chi connectivity index (χ1v) is 9.66. The minimum absolute atomic E-state index is 0.0532. The molecule has 1 aromatic heterocycles. The number of rotatable bonds is 8. The summed E-state index contributed by atoms with van der Waals surface area (Å²) in [5, 5.41) is 12.6. The highest BCUT2D eigenvalue weighted by atomic mass is 16.3. The molecule has 0 bridgehead atoms. The van der Waals surface area contributed by atoms with Crippen LogP contribution in [0.25, 0.3) is 0 Å². The van der Waals surface area contributed by atoms with Gasteiger partial charge in [0, 0.05) is 45.9 Å². The highest BCUT2D eigenvalue weighted by Crippen LogP contribution is 2.13. The lowest BCUT2D eigenvalue weighted by Gasteiger charge is -2.36. The molecule has 2 N–H and O–H groups in total. The van der Waals surface area contributed by atoms with E-state index in [0.29, 0.717) is 24.8 Å². The van der Waals surface area contributed by atoms with Crippen LogP contribution >= 0.6 is 0 Å². The summed E-state index contributed by atoms with van der Waals surface area (Å²) in [5.74, 6) is 1.66. The van der Waals surface area contributed by atoms with Crippen molar-refractivity contribution in [2.45, 2.75) is 33.1 Å². The number of hydrogen-bond donors (Lipinski definition) is 2. The second-order valence-corrected chi connectivity index (χ2v) is 6.62. The molecular weight excluding hydrogens is 332 g/mol. The van der Waals surface area contributed by atoms with Crippen molar-refractivity contribution in [3.8, 4) is 0 Å². The molecule has 7 nitrogen and oxygen atoms in total. The molecule has 0 radical (unpaired) electrons.